The lowest BCUT2D eigenvalue weighted by Gasteiger charge is -2.28. The summed E-state index contributed by atoms with van der Waals surface area (Å²) in [5.41, 5.74) is 5.36. The number of carbonyl (C=O) groups excluding carboxylic acids is 1. The molecule has 0 bridgehead atoms. The minimum absolute atomic E-state index is 0.296. The minimum atomic E-state index is -0.296. The van der Waals surface area contributed by atoms with Gasteiger partial charge in [0, 0.05) is 43.0 Å². The summed E-state index contributed by atoms with van der Waals surface area (Å²) in [6, 6.07) is 16.2. The van der Waals surface area contributed by atoms with Crippen LogP contribution in [0.1, 0.15) is 31.9 Å². The van der Waals surface area contributed by atoms with Gasteiger partial charge in [0.05, 0.1) is 18.4 Å². The number of aromatic nitrogens is 3. The average molecular weight is 431 g/mol. The Balaban J connectivity index is 1.28. The molecule has 0 amide bonds. The predicted octanol–water partition coefficient (Wildman–Crippen LogP) is 4.27. The molecule has 31 heavy (non-hydrogen) atoms. The third kappa shape index (κ3) is 4.09. The monoisotopic (exact) mass is 430 g/mol. The lowest BCUT2D eigenvalue weighted by atomic mass is 9.97. The van der Waals surface area contributed by atoms with Crippen LogP contribution in [-0.2, 0) is 24.1 Å². The fourth-order valence-electron chi connectivity index (χ4n) is 3.88. The van der Waals surface area contributed by atoms with E-state index < -0.39 is 0 Å². The van der Waals surface area contributed by atoms with Crippen molar-refractivity contribution >= 4 is 22.4 Å². The van der Waals surface area contributed by atoms with Gasteiger partial charge in [-0.2, -0.15) is 5.10 Å². The lowest BCUT2D eigenvalue weighted by Crippen LogP contribution is -2.30. The molecule has 0 aliphatic carbocycles. The number of thiazole rings is 1. The van der Waals surface area contributed by atoms with Gasteiger partial charge in [0.2, 0.25) is 0 Å². The minimum Gasteiger partial charge on any atom is -0.465 e. The largest absolute Gasteiger partial charge is 0.465 e. The van der Waals surface area contributed by atoms with E-state index in [1.807, 2.05) is 41.3 Å². The van der Waals surface area contributed by atoms with Crippen LogP contribution in [0.15, 0.2) is 67.1 Å². The number of ether oxygens (including phenoxy) is 1. The van der Waals surface area contributed by atoms with Crippen LogP contribution in [0.5, 0.6) is 0 Å². The Labute approximate surface area is 184 Å². The molecule has 0 radical (unpaired) electrons. The molecule has 0 atom stereocenters. The van der Waals surface area contributed by atoms with E-state index in [1.165, 1.54) is 28.7 Å². The van der Waals surface area contributed by atoms with Crippen LogP contribution in [0.3, 0.4) is 0 Å². The molecule has 3 heterocycles. The standard InChI is InChI=1S/C24H22N4O2S/c1-30-23(29)19-6-5-18-9-12-27(16-20(18)14-19)24-25-15-22(31-24)13-17-3-7-21(8-4-17)28-11-2-10-26-28/h2-8,10-11,14-15H,9,12-13,16H2,1H3. The van der Waals surface area contributed by atoms with E-state index in [4.69, 9.17) is 4.74 Å². The molecule has 5 rings (SSSR count). The van der Waals surface area contributed by atoms with Crippen LogP contribution in [0, 0.1) is 0 Å². The van der Waals surface area contributed by atoms with Crippen molar-refractivity contribution in [3.63, 3.8) is 0 Å². The van der Waals surface area contributed by atoms with Crippen molar-refractivity contribution in [3.8, 4) is 5.69 Å². The van der Waals surface area contributed by atoms with Crippen molar-refractivity contribution in [2.24, 2.45) is 0 Å². The summed E-state index contributed by atoms with van der Waals surface area (Å²) in [7, 11) is 1.41. The third-order valence-electron chi connectivity index (χ3n) is 5.54. The van der Waals surface area contributed by atoms with Crippen molar-refractivity contribution < 1.29 is 9.53 Å². The quantitative estimate of drug-likeness (QED) is 0.443. The van der Waals surface area contributed by atoms with Crippen LogP contribution >= 0.6 is 11.3 Å². The molecule has 7 heteroatoms. The van der Waals surface area contributed by atoms with Crippen molar-refractivity contribution in [1.82, 2.24) is 14.8 Å². The van der Waals surface area contributed by atoms with Crippen molar-refractivity contribution in [3.05, 3.63) is 94.3 Å². The molecule has 6 nitrogen and oxygen atoms in total. The van der Waals surface area contributed by atoms with Gasteiger partial charge in [-0.3, -0.25) is 0 Å². The van der Waals surface area contributed by atoms with Crippen LogP contribution in [0.2, 0.25) is 0 Å². The van der Waals surface area contributed by atoms with E-state index in [-0.39, 0.29) is 5.97 Å². The highest BCUT2D eigenvalue weighted by Gasteiger charge is 2.20. The summed E-state index contributed by atoms with van der Waals surface area (Å²) in [5, 5.41) is 5.29. The Bertz CT molecular complexity index is 1200. The fourth-order valence-corrected chi connectivity index (χ4v) is 4.85. The topological polar surface area (TPSA) is 60.2 Å². The number of anilines is 1. The summed E-state index contributed by atoms with van der Waals surface area (Å²) in [6.07, 6.45) is 7.49. The number of carbonyl (C=O) groups is 1. The summed E-state index contributed by atoms with van der Waals surface area (Å²) in [4.78, 5) is 20.1. The average Bonchev–Trinajstić information content (AvgIpc) is 3.51. The van der Waals surface area contributed by atoms with Crippen LogP contribution in [-0.4, -0.2) is 34.4 Å². The van der Waals surface area contributed by atoms with Gasteiger partial charge in [-0.15, -0.1) is 11.3 Å². The Morgan fingerprint density at radius 1 is 1.16 bits per heavy atom. The second kappa shape index (κ2) is 8.35. The molecule has 1 aliphatic rings. The van der Waals surface area contributed by atoms with Gasteiger partial charge >= 0.3 is 5.97 Å². The first-order valence-corrected chi connectivity index (χ1v) is 11.0. The number of methoxy groups -OCH3 is 1. The van der Waals surface area contributed by atoms with E-state index in [1.54, 1.807) is 17.5 Å². The zero-order chi connectivity index (χ0) is 21.2. The number of hydrogen-bond donors (Lipinski definition) is 0. The normalized spacial score (nSPS) is 13.1. The summed E-state index contributed by atoms with van der Waals surface area (Å²) in [6.45, 7) is 1.68. The van der Waals surface area contributed by atoms with E-state index in [0.29, 0.717) is 5.56 Å². The van der Waals surface area contributed by atoms with E-state index in [0.717, 1.165) is 36.8 Å². The molecule has 0 saturated heterocycles. The molecule has 0 fully saturated rings. The molecule has 2 aromatic carbocycles. The first-order valence-electron chi connectivity index (χ1n) is 10.2. The molecular weight excluding hydrogens is 408 g/mol. The maximum absolute atomic E-state index is 11.9. The molecule has 4 aromatic rings. The molecule has 156 valence electrons. The fraction of sp³-hybridized carbons (Fsp3) is 0.208. The summed E-state index contributed by atoms with van der Waals surface area (Å²) >= 11 is 1.73. The SMILES string of the molecule is COC(=O)c1ccc2c(c1)CN(c1ncc(Cc3ccc(-n4cccn4)cc3)s1)CC2. The number of benzene rings is 2. The van der Waals surface area contributed by atoms with E-state index in [9.17, 15) is 4.79 Å². The molecule has 0 N–H and O–H groups in total. The van der Waals surface area contributed by atoms with Gasteiger partial charge in [0.15, 0.2) is 5.13 Å². The Hall–Kier alpha value is -3.45. The highest BCUT2D eigenvalue weighted by Crippen LogP contribution is 2.30. The maximum Gasteiger partial charge on any atom is 0.337 e. The summed E-state index contributed by atoms with van der Waals surface area (Å²) in [5.74, 6) is -0.296. The van der Waals surface area contributed by atoms with Crippen molar-refractivity contribution in [1.29, 1.82) is 0 Å². The third-order valence-corrected chi connectivity index (χ3v) is 6.59. The van der Waals surface area contributed by atoms with Gasteiger partial charge in [0.25, 0.3) is 0 Å². The number of hydrogen-bond acceptors (Lipinski definition) is 6. The number of fused-ring (bicyclic) bond motifs is 1. The van der Waals surface area contributed by atoms with Gasteiger partial charge in [-0.25, -0.2) is 14.5 Å². The zero-order valence-electron chi connectivity index (χ0n) is 17.2. The van der Waals surface area contributed by atoms with Crippen LogP contribution < -0.4 is 4.90 Å². The maximum atomic E-state index is 11.9. The zero-order valence-corrected chi connectivity index (χ0v) is 18.0. The second-order valence-corrected chi connectivity index (χ2v) is 8.64. The highest BCUT2D eigenvalue weighted by atomic mass is 32.1. The predicted molar refractivity (Wildman–Crippen MR) is 121 cm³/mol. The van der Waals surface area contributed by atoms with E-state index >= 15 is 0 Å². The number of rotatable bonds is 5. The van der Waals surface area contributed by atoms with Gasteiger partial charge in [-0.1, -0.05) is 18.2 Å². The van der Waals surface area contributed by atoms with Crippen LogP contribution in [0.4, 0.5) is 5.13 Å². The summed E-state index contributed by atoms with van der Waals surface area (Å²) < 4.78 is 6.71. The first-order chi connectivity index (χ1) is 15.2. The van der Waals surface area contributed by atoms with Crippen molar-refractivity contribution in [2.45, 2.75) is 19.4 Å². The van der Waals surface area contributed by atoms with Crippen molar-refractivity contribution in [2.75, 3.05) is 18.6 Å². The van der Waals surface area contributed by atoms with Crippen LogP contribution in [0.25, 0.3) is 5.69 Å². The molecular formula is C24H22N4O2S. The smallest absolute Gasteiger partial charge is 0.337 e. The Morgan fingerprint density at radius 2 is 2.03 bits per heavy atom. The Kier molecular flexibility index (Phi) is 5.26. The highest BCUT2D eigenvalue weighted by molar-refractivity contribution is 7.15. The first kappa shape index (κ1) is 19.5. The second-order valence-electron chi connectivity index (χ2n) is 7.55. The molecule has 0 unspecified atom stereocenters. The number of nitrogens with zero attached hydrogens (tertiary/aromatic N) is 4. The number of esters is 1. The lowest BCUT2D eigenvalue weighted by molar-refractivity contribution is 0.0600. The van der Waals surface area contributed by atoms with Gasteiger partial charge in [-0.05, 0) is 53.4 Å². The van der Waals surface area contributed by atoms with Gasteiger partial charge < -0.3 is 9.64 Å². The Morgan fingerprint density at radius 3 is 2.81 bits per heavy atom. The molecule has 2 aromatic heterocycles. The van der Waals surface area contributed by atoms with E-state index in [2.05, 4.69) is 39.2 Å². The van der Waals surface area contributed by atoms with Gasteiger partial charge in [0.1, 0.15) is 0 Å². The molecule has 0 saturated carbocycles. The molecule has 0 spiro atoms. The molecule has 1 aliphatic heterocycles.